The lowest BCUT2D eigenvalue weighted by molar-refractivity contribution is -0.114. The Labute approximate surface area is 134 Å². The summed E-state index contributed by atoms with van der Waals surface area (Å²) in [5.74, 6) is 0.0433. The third-order valence-electron chi connectivity index (χ3n) is 2.72. The maximum atomic E-state index is 12.3. The van der Waals surface area contributed by atoms with E-state index in [0.717, 1.165) is 0 Å². The molecule has 1 aromatic carbocycles. The smallest absolute Gasteiger partial charge is 0.258 e. The van der Waals surface area contributed by atoms with Crippen molar-refractivity contribution in [1.29, 1.82) is 0 Å². The maximum Gasteiger partial charge on any atom is 0.258 e. The molecule has 0 atom stereocenters. The standard InChI is InChI=1S/C16H18N4O3/c1-10(2)23-15-9-8-14(19-20-15)18-16(22)12-6-4-5-7-13(12)17-11(3)21/h4-10H,1-3H3,(H,17,21)(H,18,19,22). The van der Waals surface area contributed by atoms with Gasteiger partial charge in [-0.1, -0.05) is 12.1 Å². The third kappa shape index (κ3) is 4.77. The second-order valence-electron chi connectivity index (χ2n) is 5.10. The summed E-state index contributed by atoms with van der Waals surface area (Å²) in [6.07, 6.45) is -0.00530. The molecule has 0 bridgehead atoms. The van der Waals surface area contributed by atoms with Crippen LogP contribution in [0.25, 0.3) is 0 Å². The first-order valence-corrected chi connectivity index (χ1v) is 7.14. The molecule has 0 aliphatic rings. The number of benzene rings is 1. The number of carbonyl (C=O) groups excluding carboxylic acids is 2. The second kappa shape index (κ2) is 7.35. The Morgan fingerprint density at radius 2 is 1.78 bits per heavy atom. The van der Waals surface area contributed by atoms with Crippen LogP contribution in [-0.2, 0) is 4.79 Å². The molecule has 0 aliphatic carbocycles. The van der Waals surface area contributed by atoms with Gasteiger partial charge in [0.1, 0.15) is 0 Å². The summed E-state index contributed by atoms with van der Waals surface area (Å²) >= 11 is 0. The molecule has 2 rings (SSSR count). The molecule has 7 nitrogen and oxygen atoms in total. The molecular weight excluding hydrogens is 296 g/mol. The molecule has 0 saturated carbocycles. The molecule has 1 aromatic heterocycles. The van der Waals surface area contributed by atoms with Crippen LogP contribution in [0.15, 0.2) is 36.4 Å². The van der Waals surface area contributed by atoms with Crippen molar-refractivity contribution in [2.24, 2.45) is 0 Å². The van der Waals surface area contributed by atoms with E-state index >= 15 is 0 Å². The minimum absolute atomic E-state index is 0.00530. The van der Waals surface area contributed by atoms with E-state index in [1.807, 2.05) is 13.8 Å². The van der Waals surface area contributed by atoms with Crippen LogP contribution in [0.5, 0.6) is 5.88 Å². The third-order valence-corrected chi connectivity index (χ3v) is 2.72. The molecule has 0 aliphatic heterocycles. The van der Waals surface area contributed by atoms with Crippen molar-refractivity contribution in [2.75, 3.05) is 10.6 Å². The minimum atomic E-state index is -0.388. The Morgan fingerprint density at radius 3 is 2.39 bits per heavy atom. The monoisotopic (exact) mass is 314 g/mol. The summed E-state index contributed by atoms with van der Waals surface area (Å²) in [4.78, 5) is 23.5. The Bertz CT molecular complexity index is 699. The van der Waals surface area contributed by atoms with Crippen LogP contribution >= 0.6 is 0 Å². The molecule has 0 spiro atoms. The van der Waals surface area contributed by atoms with Gasteiger partial charge in [-0.2, -0.15) is 0 Å². The average Bonchev–Trinajstić information content (AvgIpc) is 2.48. The van der Waals surface area contributed by atoms with E-state index in [2.05, 4.69) is 20.8 Å². The van der Waals surface area contributed by atoms with Crippen molar-refractivity contribution in [1.82, 2.24) is 10.2 Å². The SMILES string of the molecule is CC(=O)Nc1ccccc1C(=O)Nc1ccc(OC(C)C)nn1. The fourth-order valence-electron chi connectivity index (χ4n) is 1.85. The normalized spacial score (nSPS) is 10.3. The zero-order chi connectivity index (χ0) is 16.8. The van der Waals surface area contributed by atoms with E-state index in [1.54, 1.807) is 36.4 Å². The number of hydrogen-bond donors (Lipinski definition) is 2. The number of ether oxygens (including phenoxy) is 1. The molecule has 120 valence electrons. The van der Waals surface area contributed by atoms with Gasteiger partial charge in [0.2, 0.25) is 11.8 Å². The molecule has 23 heavy (non-hydrogen) atoms. The number of amides is 2. The number of aromatic nitrogens is 2. The fourth-order valence-corrected chi connectivity index (χ4v) is 1.85. The number of hydrogen-bond acceptors (Lipinski definition) is 5. The summed E-state index contributed by atoms with van der Waals surface area (Å²) < 4.78 is 5.39. The van der Waals surface area contributed by atoms with Crippen molar-refractivity contribution in [2.45, 2.75) is 26.9 Å². The Kier molecular flexibility index (Phi) is 5.24. The van der Waals surface area contributed by atoms with Crippen molar-refractivity contribution in [3.05, 3.63) is 42.0 Å². The molecule has 0 unspecified atom stereocenters. The van der Waals surface area contributed by atoms with E-state index in [-0.39, 0.29) is 17.9 Å². The van der Waals surface area contributed by atoms with Crippen molar-refractivity contribution < 1.29 is 14.3 Å². The topological polar surface area (TPSA) is 93.2 Å². The summed E-state index contributed by atoms with van der Waals surface area (Å²) in [7, 11) is 0. The fraction of sp³-hybridized carbons (Fsp3) is 0.250. The average molecular weight is 314 g/mol. The molecule has 0 fully saturated rings. The van der Waals surface area contributed by atoms with Crippen molar-refractivity contribution in [3.63, 3.8) is 0 Å². The lowest BCUT2D eigenvalue weighted by atomic mass is 10.1. The van der Waals surface area contributed by atoms with Gasteiger partial charge in [0.15, 0.2) is 5.82 Å². The predicted molar refractivity (Wildman–Crippen MR) is 86.5 cm³/mol. The number of nitrogens with one attached hydrogen (secondary N) is 2. The van der Waals surface area contributed by atoms with E-state index in [1.165, 1.54) is 6.92 Å². The van der Waals surface area contributed by atoms with E-state index in [0.29, 0.717) is 22.9 Å². The number of para-hydroxylation sites is 1. The van der Waals surface area contributed by atoms with Gasteiger partial charge in [-0.05, 0) is 32.0 Å². The Hall–Kier alpha value is -2.96. The molecular formula is C16H18N4O3. The Balaban J connectivity index is 2.11. The highest BCUT2D eigenvalue weighted by molar-refractivity contribution is 6.09. The molecule has 1 heterocycles. The molecule has 0 saturated heterocycles. The number of anilines is 2. The highest BCUT2D eigenvalue weighted by Crippen LogP contribution is 2.17. The van der Waals surface area contributed by atoms with Gasteiger partial charge in [0, 0.05) is 13.0 Å². The molecule has 2 N–H and O–H groups in total. The van der Waals surface area contributed by atoms with Gasteiger partial charge < -0.3 is 15.4 Å². The summed E-state index contributed by atoms with van der Waals surface area (Å²) in [6, 6.07) is 9.95. The first-order chi connectivity index (χ1) is 11.0. The van der Waals surface area contributed by atoms with E-state index in [4.69, 9.17) is 4.74 Å². The molecule has 2 aromatic rings. The first-order valence-electron chi connectivity index (χ1n) is 7.14. The molecule has 7 heteroatoms. The number of nitrogens with zero attached hydrogens (tertiary/aromatic N) is 2. The number of carbonyl (C=O) groups is 2. The zero-order valence-corrected chi connectivity index (χ0v) is 13.2. The largest absolute Gasteiger partial charge is 0.474 e. The summed E-state index contributed by atoms with van der Waals surface area (Å²) in [5, 5.41) is 13.0. The second-order valence-corrected chi connectivity index (χ2v) is 5.10. The quantitative estimate of drug-likeness (QED) is 0.884. The summed E-state index contributed by atoms with van der Waals surface area (Å²) in [6.45, 7) is 5.15. The summed E-state index contributed by atoms with van der Waals surface area (Å²) in [5.41, 5.74) is 0.775. The van der Waals surface area contributed by atoms with Crippen molar-refractivity contribution >= 4 is 23.3 Å². The highest BCUT2D eigenvalue weighted by Gasteiger charge is 2.13. The van der Waals surface area contributed by atoms with E-state index in [9.17, 15) is 9.59 Å². The molecule has 2 amide bonds. The lowest BCUT2D eigenvalue weighted by Gasteiger charge is -2.10. The van der Waals surface area contributed by atoms with Gasteiger partial charge in [0.05, 0.1) is 17.4 Å². The van der Waals surface area contributed by atoms with Gasteiger partial charge in [-0.25, -0.2) is 0 Å². The van der Waals surface area contributed by atoms with Crippen LogP contribution in [0.2, 0.25) is 0 Å². The lowest BCUT2D eigenvalue weighted by Crippen LogP contribution is -2.17. The highest BCUT2D eigenvalue weighted by atomic mass is 16.5. The van der Waals surface area contributed by atoms with Crippen LogP contribution in [-0.4, -0.2) is 28.1 Å². The zero-order valence-electron chi connectivity index (χ0n) is 13.2. The minimum Gasteiger partial charge on any atom is -0.474 e. The van der Waals surface area contributed by atoms with Crippen LogP contribution in [0, 0.1) is 0 Å². The van der Waals surface area contributed by atoms with Crippen LogP contribution in [0.3, 0.4) is 0 Å². The number of rotatable bonds is 5. The van der Waals surface area contributed by atoms with Crippen LogP contribution < -0.4 is 15.4 Å². The van der Waals surface area contributed by atoms with Gasteiger partial charge >= 0.3 is 0 Å². The van der Waals surface area contributed by atoms with Crippen LogP contribution in [0.4, 0.5) is 11.5 Å². The van der Waals surface area contributed by atoms with Gasteiger partial charge in [-0.3, -0.25) is 9.59 Å². The van der Waals surface area contributed by atoms with Gasteiger partial charge in [0.25, 0.3) is 5.91 Å². The van der Waals surface area contributed by atoms with Gasteiger partial charge in [-0.15, -0.1) is 10.2 Å². The maximum absolute atomic E-state index is 12.3. The van der Waals surface area contributed by atoms with Crippen molar-refractivity contribution in [3.8, 4) is 5.88 Å². The Morgan fingerprint density at radius 1 is 1.04 bits per heavy atom. The van der Waals surface area contributed by atoms with E-state index < -0.39 is 0 Å². The first kappa shape index (κ1) is 16.4. The molecule has 0 radical (unpaired) electrons. The predicted octanol–water partition coefficient (Wildman–Crippen LogP) is 2.47. The van der Waals surface area contributed by atoms with Crippen LogP contribution in [0.1, 0.15) is 31.1 Å².